The first-order valence-corrected chi connectivity index (χ1v) is 9.71. The number of carbonyl (C=O) groups excluding carboxylic acids is 2. The van der Waals surface area contributed by atoms with Gasteiger partial charge >= 0.3 is 0 Å². The highest BCUT2D eigenvalue weighted by atomic mass is 32.1. The van der Waals surface area contributed by atoms with Gasteiger partial charge in [-0.1, -0.05) is 6.07 Å². The molecule has 0 unspecified atom stereocenters. The van der Waals surface area contributed by atoms with Crippen molar-refractivity contribution in [1.29, 1.82) is 0 Å². The number of nitrogens with zero attached hydrogens (tertiary/aromatic N) is 1. The highest BCUT2D eigenvalue weighted by molar-refractivity contribution is 7.18. The molecule has 3 aromatic heterocycles. The van der Waals surface area contributed by atoms with Crippen molar-refractivity contribution in [2.75, 3.05) is 11.9 Å². The second-order valence-electron chi connectivity index (χ2n) is 5.77. The summed E-state index contributed by atoms with van der Waals surface area (Å²) in [6.07, 6.45) is 3.47. The normalized spacial score (nSPS) is 17.0. The summed E-state index contributed by atoms with van der Waals surface area (Å²) in [5.74, 6) is -0.0403. The van der Waals surface area contributed by atoms with Gasteiger partial charge in [-0.05, 0) is 48.6 Å². The van der Waals surface area contributed by atoms with E-state index in [2.05, 4.69) is 11.4 Å². The predicted octanol–water partition coefficient (Wildman–Crippen LogP) is 4.63. The molecule has 0 radical (unpaired) electrons. The number of furan rings is 1. The van der Waals surface area contributed by atoms with Crippen molar-refractivity contribution in [3.63, 3.8) is 0 Å². The molecule has 1 aliphatic heterocycles. The summed E-state index contributed by atoms with van der Waals surface area (Å²) in [4.78, 5) is 28.7. The minimum atomic E-state index is -0.316. The van der Waals surface area contributed by atoms with Gasteiger partial charge in [0.15, 0.2) is 5.76 Å². The van der Waals surface area contributed by atoms with E-state index >= 15 is 0 Å². The van der Waals surface area contributed by atoms with E-state index in [4.69, 9.17) is 4.42 Å². The van der Waals surface area contributed by atoms with Crippen LogP contribution >= 0.6 is 22.7 Å². The number of hydrogen-bond donors (Lipinski definition) is 1. The zero-order valence-corrected chi connectivity index (χ0v) is 14.9. The summed E-state index contributed by atoms with van der Waals surface area (Å²) in [6, 6.07) is 11.1. The van der Waals surface area contributed by atoms with Crippen LogP contribution in [0.4, 0.5) is 5.00 Å². The second-order valence-corrected chi connectivity index (χ2v) is 7.83. The minimum Gasteiger partial charge on any atom is -0.459 e. The molecule has 5 nitrogen and oxygen atoms in total. The first kappa shape index (κ1) is 16.1. The van der Waals surface area contributed by atoms with Gasteiger partial charge in [-0.3, -0.25) is 9.59 Å². The van der Waals surface area contributed by atoms with Crippen molar-refractivity contribution in [2.45, 2.75) is 18.9 Å². The number of hydrogen-bond acceptors (Lipinski definition) is 5. The van der Waals surface area contributed by atoms with Crippen molar-refractivity contribution in [2.24, 2.45) is 0 Å². The molecule has 7 heteroatoms. The molecule has 0 spiro atoms. The maximum absolute atomic E-state index is 12.9. The Hall–Kier alpha value is -2.38. The lowest BCUT2D eigenvalue weighted by Crippen LogP contribution is -2.29. The molecule has 1 fully saturated rings. The van der Waals surface area contributed by atoms with Gasteiger partial charge < -0.3 is 14.6 Å². The summed E-state index contributed by atoms with van der Waals surface area (Å²) >= 11 is 2.98. The molecule has 3 aromatic rings. The van der Waals surface area contributed by atoms with Crippen molar-refractivity contribution in [3.8, 4) is 0 Å². The Bertz CT molecular complexity index is 868. The predicted molar refractivity (Wildman–Crippen MR) is 98.3 cm³/mol. The summed E-state index contributed by atoms with van der Waals surface area (Å²) in [7, 11) is 0. The van der Waals surface area contributed by atoms with Crippen LogP contribution < -0.4 is 5.32 Å². The van der Waals surface area contributed by atoms with E-state index in [0.29, 0.717) is 9.88 Å². The van der Waals surface area contributed by atoms with Crippen LogP contribution in [-0.2, 0) is 0 Å². The topological polar surface area (TPSA) is 62.6 Å². The summed E-state index contributed by atoms with van der Waals surface area (Å²) in [5.41, 5.74) is 0. The standard InChI is InChI=1S/C18H16N2O3S2/c21-17(13-5-2-10-23-13)19-16-8-7-15(25-16)18(22)20-9-1-4-12(20)14-6-3-11-24-14/h2-3,5-8,10-12H,1,4,9H2,(H,19,21)/t12-/m0/s1. The molecule has 4 rings (SSSR count). The van der Waals surface area contributed by atoms with Gasteiger partial charge in [-0.25, -0.2) is 0 Å². The molecule has 1 saturated heterocycles. The third kappa shape index (κ3) is 3.25. The maximum Gasteiger partial charge on any atom is 0.291 e. The first-order valence-electron chi connectivity index (χ1n) is 8.01. The summed E-state index contributed by atoms with van der Waals surface area (Å²) < 4.78 is 5.08. The zero-order chi connectivity index (χ0) is 17.2. The molecular formula is C18H16N2O3S2. The van der Waals surface area contributed by atoms with Gasteiger partial charge in [0.1, 0.15) is 0 Å². The molecule has 0 bridgehead atoms. The van der Waals surface area contributed by atoms with Gasteiger partial charge in [0.2, 0.25) is 0 Å². The van der Waals surface area contributed by atoms with Crippen molar-refractivity contribution < 1.29 is 14.0 Å². The first-order chi connectivity index (χ1) is 12.2. The van der Waals surface area contributed by atoms with E-state index in [0.717, 1.165) is 19.4 Å². The minimum absolute atomic E-state index is 0.0272. The highest BCUT2D eigenvalue weighted by Gasteiger charge is 2.31. The van der Waals surface area contributed by atoms with Gasteiger partial charge in [-0.2, -0.15) is 0 Å². The fourth-order valence-electron chi connectivity index (χ4n) is 3.03. The Labute approximate surface area is 152 Å². The monoisotopic (exact) mass is 372 g/mol. The lowest BCUT2D eigenvalue weighted by molar-refractivity contribution is 0.0742. The van der Waals surface area contributed by atoms with Gasteiger partial charge in [0.25, 0.3) is 11.8 Å². The molecule has 1 aliphatic rings. The molecule has 2 amide bonds. The van der Waals surface area contributed by atoms with E-state index in [9.17, 15) is 9.59 Å². The Balaban J connectivity index is 1.48. The lowest BCUT2D eigenvalue weighted by atomic mass is 10.2. The Morgan fingerprint density at radius 2 is 2.12 bits per heavy atom. The Morgan fingerprint density at radius 1 is 1.20 bits per heavy atom. The van der Waals surface area contributed by atoms with Crippen molar-refractivity contribution in [1.82, 2.24) is 4.90 Å². The van der Waals surface area contributed by atoms with E-state index in [1.54, 1.807) is 35.6 Å². The number of anilines is 1. The number of carbonyl (C=O) groups is 2. The number of amides is 2. The molecule has 128 valence electrons. The van der Waals surface area contributed by atoms with Gasteiger partial charge in [0.05, 0.1) is 22.2 Å². The largest absolute Gasteiger partial charge is 0.459 e. The molecule has 25 heavy (non-hydrogen) atoms. The van der Waals surface area contributed by atoms with Crippen LogP contribution in [0.3, 0.4) is 0 Å². The molecule has 1 atom stereocenters. The second kappa shape index (κ2) is 6.85. The maximum atomic E-state index is 12.9. The van der Waals surface area contributed by atoms with Crippen LogP contribution in [0.15, 0.2) is 52.5 Å². The number of thiophene rings is 2. The van der Waals surface area contributed by atoms with E-state index in [-0.39, 0.29) is 23.6 Å². The fraction of sp³-hybridized carbons (Fsp3) is 0.222. The van der Waals surface area contributed by atoms with Gasteiger partial charge in [-0.15, -0.1) is 22.7 Å². The van der Waals surface area contributed by atoms with Gasteiger partial charge in [0, 0.05) is 11.4 Å². The van der Waals surface area contributed by atoms with Crippen LogP contribution in [0.25, 0.3) is 0 Å². The van der Waals surface area contributed by atoms with Crippen LogP contribution in [0.5, 0.6) is 0 Å². The van der Waals surface area contributed by atoms with E-state index in [1.807, 2.05) is 16.3 Å². The molecule has 1 N–H and O–H groups in total. The SMILES string of the molecule is O=C(Nc1ccc(C(=O)N2CCC[C@H]2c2cccs2)s1)c1ccco1. The number of rotatable bonds is 4. The molecule has 0 saturated carbocycles. The van der Waals surface area contributed by atoms with Crippen molar-refractivity contribution >= 4 is 39.5 Å². The van der Waals surface area contributed by atoms with Crippen molar-refractivity contribution in [3.05, 3.63) is 63.6 Å². The number of nitrogens with one attached hydrogen (secondary N) is 1. The quantitative estimate of drug-likeness (QED) is 0.726. The van der Waals surface area contributed by atoms with E-state index in [1.165, 1.54) is 22.5 Å². The highest BCUT2D eigenvalue weighted by Crippen LogP contribution is 2.36. The summed E-state index contributed by atoms with van der Waals surface area (Å²) in [6.45, 7) is 0.771. The Kier molecular flexibility index (Phi) is 4.42. The third-order valence-corrected chi connectivity index (χ3v) is 6.15. The van der Waals surface area contributed by atoms with Crippen LogP contribution in [0.1, 0.15) is 44.0 Å². The van der Waals surface area contributed by atoms with Crippen LogP contribution in [0, 0.1) is 0 Å². The third-order valence-electron chi connectivity index (χ3n) is 4.18. The zero-order valence-electron chi connectivity index (χ0n) is 13.3. The Morgan fingerprint density at radius 3 is 2.88 bits per heavy atom. The molecular weight excluding hydrogens is 356 g/mol. The van der Waals surface area contributed by atoms with Crippen LogP contribution in [0.2, 0.25) is 0 Å². The molecule has 0 aliphatic carbocycles. The number of likely N-dealkylation sites (tertiary alicyclic amines) is 1. The average Bonchev–Trinajstić information content (AvgIpc) is 3.42. The average molecular weight is 372 g/mol. The smallest absolute Gasteiger partial charge is 0.291 e. The fourth-order valence-corrected chi connectivity index (χ4v) is 4.76. The molecule has 0 aromatic carbocycles. The lowest BCUT2D eigenvalue weighted by Gasteiger charge is -2.23. The van der Waals surface area contributed by atoms with E-state index < -0.39 is 0 Å². The molecule has 4 heterocycles. The summed E-state index contributed by atoms with van der Waals surface area (Å²) in [5, 5.41) is 5.45. The van der Waals surface area contributed by atoms with Crippen LogP contribution in [-0.4, -0.2) is 23.3 Å².